The van der Waals surface area contributed by atoms with Crippen molar-refractivity contribution in [2.24, 2.45) is 0 Å². The zero-order chi connectivity index (χ0) is 15.9. The Labute approximate surface area is 127 Å². The number of benzene rings is 1. The van der Waals surface area contributed by atoms with Crippen molar-refractivity contribution in [1.29, 1.82) is 0 Å². The number of likely N-dealkylation sites (N-methyl/N-ethyl adjacent to an activating group) is 1. The van der Waals surface area contributed by atoms with Gasteiger partial charge in [0.2, 0.25) is 10.0 Å². The molecule has 0 saturated heterocycles. The Morgan fingerprint density at radius 1 is 1.19 bits per heavy atom. The summed E-state index contributed by atoms with van der Waals surface area (Å²) in [7, 11) is -3.57. The summed E-state index contributed by atoms with van der Waals surface area (Å²) in [6.07, 6.45) is 0.360. The maximum atomic E-state index is 12.2. The van der Waals surface area contributed by atoms with Crippen LogP contribution in [0.1, 0.15) is 37.6 Å². The summed E-state index contributed by atoms with van der Waals surface area (Å²) >= 11 is 0. The molecule has 0 heterocycles. The van der Waals surface area contributed by atoms with E-state index >= 15 is 0 Å². The average molecular weight is 312 g/mol. The van der Waals surface area contributed by atoms with Crippen LogP contribution in [-0.2, 0) is 10.0 Å². The van der Waals surface area contributed by atoms with Crippen LogP contribution in [0, 0.1) is 0 Å². The summed E-state index contributed by atoms with van der Waals surface area (Å²) in [4.78, 5) is 13.9. The Morgan fingerprint density at radius 2 is 1.86 bits per heavy atom. The quantitative estimate of drug-likeness (QED) is 0.707. The van der Waals surface area contributed by atoms with E-state index in [-0.39, 0.29) is 10.7 Å². The molecule has 5 nitrogen and oxygen atoms in total. The third kappa shape index (κ3) is 5.22. The third-order valence-electron chi connectivity index (χ3n) is 3.40. The van der Waals surface area contributed by atoms with Crippen LogP contribution >= 0.6 is 0 Å². The molecule has 0 aliphatic rings. The Balaban J connectivity index is 2.76. The van der Waals surface area contributed by atoms with Crippen LogP contribution in [0.5, 0.6) is 0 Å². The lowest BCUT2D eigenvalue weighted by atomic mass is 10.1. The molecule has 21 heavy (non-hydrogen) atoms. The molecule has 0 aliphatic heterocycles. The van der Waals surface area contributed by atoms with Gasteiger partial charge < -0.3 is 4.90 Å². The molecule has 0 bridgehead atoms. The van der Waals surface area contributed by atoms with Gasteiger partial charge in [-0.1, -0.05) is 32.9 Å². The highest BCUT2D eigenvalue weighted by Gasteiger charge is 2.15. The van der Waals surface area contributed by atoms with Gasteiger partial charge in [-0.25, -0.2) is 13.1 Å². The third-order valence-corrected chi connectivity index (χ3v) is 4.86. The zero-order valence-electron chi connectivity index (χ0n) is 12.9. The maximum absolute atomic E-state index is 12.2. The molecule has 0 aromatic heterocycles. The normalized spacial score (nSPS) is 11.8. The molecular formula is C15H24N2O3S. The molecule has 0 radical (unpaired) electrons. The van der Waals surface area contributed by atoms with Gasteiger partial charge in [-0.15, -0.1) is 0 Å². The predicted molar refractivity (Wildman–Crippen MR) is 84.0 cm³/mol. The fourth-order valence-corrected chi connectivity index (χ4v) is 3.07. The highest BCUT2D eigenvalue weighted by Crippen LogP contribution is 2.12. The summed E-state index contributed by atoms with van der Waals surface area (Å²) in [6.45, 7) is 8.63. The molecule has 6 heteroatoms. The summed E-state index contributed by atoms with van der Waals surface area (Å²) < 4.78 is 27.0. The molecule has 1 aromatic rings. The molecule has 0 atom stereocenters. The van der Waals surface area contributed by atoms with Crippen molar-refractivity contribution >= 4 is 15.8 Å². The highest BCUT2D eigenvalue weighted by molar-refractivity contribution is 7.89. The van der Waals surface area contributed by atoms with Crippen LogP contribution in [0.25, 0.3) is 0 Å². The van der Waals surface area contributed by atoms with Crippen molar-refractivity contribution in [2.45, 2.75) is 32.1 Å². The Bertz CT molecular complexity index is 566. The van der Waals surface area contributed by atoms with Crippen molar-refractivity contribution in [3.63, 3.8) is 0 Å². The fraction of sp³-hybridized carbons (Fsp3) is 0.533. The first-order valence-corrected chi connectivity index (χ1v) is 8.78. The number of rotatable bonds is 9. The predicted octanol–water partition coefficient (Wildman–Crippen LogP) is 1.90. The first-order valence-electron chi connectivity index (χ1n) is 7.29. The molecule has 0 aliphatic carbocycles. The molecule has 0 spiro atoms. The monoisotopic (exact) mass is 312 g/mol. The van der Waals surface area contributed by atoms with Gasteiger partial charge in [0, 0.05) is 25.1 Å². The summed E-state index contributed by atoms with van der Waals surface area (Å²) in [5, 5.41) is 0. The maximum Gasteiger partial charge on any atom is 0.240 e. The van der Waals surface area contributed by atoms with E-state index in [4.69, 9.17) is 0 Å². The van der Waals surface area contributed by atoms with Gasteiger partial charge in [0.05, 0.1) is 4.90 Å². The van der Waals surface area contributed by atoms with E-state index in [1.54, 1.807) is 19.1 Å². The van der Waals surface area contributed by atoms with E-state index in [1.165, 1.54) is 12.1 Å². The van der Waals surface area contributed by atoms with Crippen molar-refractivity contribution in [3.05, 3.63) is 29.8 Å². The Kier molecular flexibility index (Phi) is 7.01. The topological polar surface area (TPSA) is 66.5 Å². The summed E-state index contributed by atoms with van der Waals surface area (Å²) in [5.41, 5.74) is 0.434. The van der Waals surface area contributed by atoms with Crippen molar-refractivity contribution in [3.8, 4) is 0 Å². The molecular weight excluding hydrogens is 288 g/mol. The van der Waals surface area contributed by atoms with E-state index in [2.05, 4.69) is 9.62 Å². The summed E-state index contributed by atoms with van der Waals surface area (Å²) in [6, 6.07) is 6.18. The molecule has 1 rings (SSSR count). The SMILES string of the molecule is CCC(=O)c1cccc(S(=O)(=O)NCCN(CC)CC)c1. The number of carbonyl (C=O) groups is 1. The minimum atomic E-state index is -3.57. The van der Waals surface area contributed by atoms with Gasteiger partial charge in [0.25, 0.3) is 0 Å². The molecule has 1 N–H and O–H groups in total. The smallest absolute Gasteiger partial charge is 0.240 e. The van der Waals surface area contributed by atoms with E-state index in [1.807, 2.05) is 13.8 Å². The van der Waals surface area contributed by atoms with E-state index in [0.29, 0.717) is 25.1 Å². The fourth-order valence-electron chi connectivity index (χ4n) is 2.00. The highest BCUT2D eigenvalue weighted by atomic mass is 32.2. The first kappa shape index (κ1) is 17.8. The number of nitrogens with zero attached hydrogens (tertiary/aromatic N) is 1. The zero-order valence-corrected chi connectivity index (χ0v) is 13.7. The Hall–Kier alpha value is -1.24. The van der Waals surface area contributed by atoms with Gasteiger partial charge in [-0.05, 0) is 25.2 Å². The van der Waals surface area contributed by atoms with E-state index in [0.717, 1.165) is 13.1 Å². The molecule has 0 unspecified atom stereocenters. The van der Waals surface area contributed by atoms with Crippen LogP contribution in [-0.4, -0.2) is 45.3 Å². The first-order chi connectivity index (χ1) is 9.94. The van der Waals surface area contributed by atoms with Crippen molar-refractivity contribution < 1.29 is 13.2 Å². The average Bonchev–Trinajstić information content (AvgIpc) is 2.51. The number of sulfonamides is 1. The number of hydrogen-bond acceptors (Lipinski definition) is 4. The second kappa shape index (κ2) is 8.26. The lowest BCUT2D eigenvalue weighted by Gasteiger charge is -2.18. The minimum Gasteiger partial charge on any atom is -0.303 e. The van der Waals surface area contributed by atoms with Crippen LogP contribution in [0.15, 0.2) is 29.2 Å². The largest absolute Gasteiger partial charge is 0.303 e. The van der Waals surface area contributed by atoms with Crippen molar-refractivity contribution in [2.75, 3.05) is 26.2 Å². The number of nitrogens with one attached hydrogen (secondary N) is 1. The van der Waals surface area contributed by atoms with Gasteiger partial charge in [0.1, 0.15) is 0 Å². The van der Waals surface area contributed by atoms with E-state index in [9.17, 15) is 13.2 Å². The van der Waals surface area contributed by atoms with Crippen LogP contribution in [0.4, 0.5) is 0 Å². The van der Waals surface area contributed by atoms with Gasteiger partial charge >= 0.3 is 0 Å². The van der Waals surface area contributed by atoms with Crippen molar-refractivity contribution in [1.82, 2.24) is 9.62 Å². The Morgan fingerprint density at radius 3 is 2.43 bits per heavy atom. The van der Waals surface area contributed by atoms with E-state index < -0.39 is 10.0 Å². The second-order valence-electron chi connectivity index (χ2n) is 4.73. The minimum absolute atomic E-state index is 0.0600. The standard InChI is InChI=1S/C15H24N2O3S/c1-4-15(18)13-8-7-9-14(12-13)21(19,20)16-10-11-17(5-2)6-3/h7-9,12,16H,4-6,10-11H2,1-3H3. The number of ketones is 1. The van der Waals surface area contributed by atoms with Gasteiger partial charge in [-0.3, -0.25) is 4.79 Å². The lowest BCUT2D eigenvalue weighted by Crippen LogP contribution is -2.34. The number of hydrogen-bond donors (Lipinski definition) is 1. The molecule has 0 fully saturated rings. The van der Waals surface area contributed by atoms with Crippen LogP contribution in [0.2, 0.25) is 0 Å². The lowest BCUT2D eigenvalue weighted by molar-refractivity contribution is 0.0988. The van der Waals surface area contributed by atoms with Crippen LogP contribution < -0.4 is 4.72 Å². The summed E-state index contributed by atoms with van der Waals surface area (Å²) in [5.74, 6) is -0.0600. The van der Waals surface area contributed by atoms with Gasteiger partial charge in [0.15, 0.2) is 5.78 Å². The van der Waals surface area contributed by atoms with Gasteiger partial charge in [-0.2, -0.15) is 0 Å². The van der Waals surface area contributed by atoms with Crippen LogP contribution in [0.3, 0.4) is 0 Å². The number of Topliss-reactive ketones (excluding diaryl/α,β-unsaturated/α-hetero) is 1. The molecule has 1 aromatic carbocycles. The molecule has 0 saturated carbocycles. The number of carbonyl (C=O) groups excluding carboxylic acids is 1. The molecule has 118 valence electrons. The molecule has 0 amide bonds. The second-order valence-corrected chi connectivity index (χ2v) is 6.50.